The minimum atomic E-state index is 0.645. The Morgan fingerprint density at radius 3 is 2.35 bits per heavy atom. The van der Waals surface area contributed by atoms with E-state index in [1.807, 2.05) is 0 Å². The third-order valence-corrected chi connectivity index (χ3v) is 4.95. The van der Waals surface area contributed by atoms with Gasteiger partial charge in [0.2, 0.25) is 0 Å². The quantitative estimate of drug-likeness (QED) is 0.827. The van der Waals surface area contributed by atoms with E-state index in [9.17, 15) is 0 Å². The standard InChI is InChI=1S/C19H31N/c1-5-20-19(13-17-9-7-6-8-16(17)4)18-11-14(2)10-15(3)12-18/h6-9,14-15,18-20H,5,10-13H2,1-4H3. The molecule has 0 aromatic heterocycles. The van der Waals surface area contributed by atoms with E-state index >= 15 is 0 Å². The Balaban J connectivity index is 2.08. The van der Waals surface area contributed by atoms with Crippen molar-refractivity contribution >= 4 is 0 Å². The van der Waals surface area contributed by atoms with Crippen LogP contribution in [0.2, 0.25) is 0 Å². The second-order valence-electron chi connectivity index (χ2n) is 6.97. The summed E-state index contributed by atoms with van der Waals surface area (Å²) in [6, 6.07) is 9.51. The van der Waals surface area contributed by atoms with E-state index in [-0.39, 0.29) is 0 Å². The summed E-state index contributed by atoms with van der Waals surface area (Å²) in [5, 5.41) is 3.77. The van der Waals surface area contributed by atoms with Crippen LogP contribution in [0.4, 0.5) is 0 Å². The lowest BCUT2D eigenvalue weighted by molar-refractivity contribution is 0.176. The first-order valence-electron chi connectivity index (χ1n) is 8.38. The molecular weight excluding hydrogens is 242 g/mol. The highest BCUT2D eigenvalue weighted by molar-refractivity contribution is 5.26. The molecule has 1 aliphatic rings. The molecule has 1 saturated carbocycles. The van der Waals surface area contributed by atoms with Crippen molar-refractivity contribution in [3.05, 3.63) is 35.4 Å². The van der Waals surface area contributed by atoms with Gasteiger partial charge in [-0.25, -0.2) is 0 Å². The van der Waals surface area contributed by atoms with Gasteiger partial charge in [-0.05, 0) is 68.0 Å². The van der Waals surface area contributed by atoms with Crippen molar-refractivity contribution in [1.82, 2.24) is 5.32 Å². The van der Waals surface area contributed by atoms with Crippen LogP contribution in [0, 0.1) is 24.7 Å². The highest BCUT2D eigenvalue weighted by atomic mass is 14.9. The van der Waals surface area contributed by atoms with E-state index in [2.05, 4.69) is 57.3 Å². The van der Waals surface area contributed by atoms with Crippen molar-refractivity contribution in [1.29, 1.82) is 0 Å². The molecule has 2 rings (SSSR count). The lowest BCUT2D eigenvalue weighted by Gasteiger charge is -2.37. The number of hydrogen-bond donors (Lipinski definition) is 1. The number of rotatable bonds is 5. The Morgan fingerprint density at radius 1 is 1.10 bits per heavy atom. The smallest absolute Gasteiger partial charge is 0.0136 e. The zero-order valence-corrected chi connectivity index (χ0v) is 13.7. The molecule has 0 saturated heterocycles. The maximum absolute atomic E-state index is 3.77. The normalized spacial score (nSPS) is 28.3. The molecule has 112 valence electrons. The van der Waals surface area contributed by atoms with Crippen molar-refractivity contribution in [3.8, 4) is 0 Å². The Labute approximate surface area is 125 Å². The summed E-state index contributed by atoms with van der Waals surface area (Å²) < 4.78 is 0. The molecule has 0 heterocycles. The SMILES string of the molecule is CCNC(Cc1ccccc1C)C1CC(C)CC(C)C1. The van der Waals surface area contributed by atoms with Gasteiger partial charge in [0.1, 0.15) is 0 Å². The summed E-state index contributed by atoms with van der Waals surface area (Å²) >= 11 is 0. The summed E-state index contributed by atoms with van der Waals surface area (Å²) in [5.74, 6) is 2.62. The van der Waals surface area contributed by atoms with Crippen LogP contribution >= 0.6 is 0 Å². The lowest BCUT2D eigenvalue weighted by Crippen LogP contribution is -2.41. The monoisotopic (exact) mass is 273 g/mol. The number of aryl methyl sites for hydroxylation is 1. The van der Waals surface area contributed by atoms with Gasteiger partial charge < -0.3 is 5.32 Å². The summed E-state index contributed by atoms with van der Waals surface area (Å²) in [6.07, 6.45) is 5.39. The lowest BCUT2D eigenvalue weighted by atomic mass is 9.72. The van der Waals surface area contributed by atoms with Crippen LogP contribution in [0.15, 0.2) is 24.3 Å². The zero-order chi connectivity index (χ0) is 14.5. The summed E-state index contributed by atoms with van der Waals surface area (Å²) in [6.45, 7) is 10.4. The average molecular weight is 273 g/mol. The Bertz CT molecular complexity index is 402. The molecule has 1 aliphatic carbocycles. The van der Waals surface area contributed by atoms with E-state index in [1.54, 1.807) is 0 Å². The van der Waals surface area contributed by atoms with E-state index in [4.69, 9.17) is 0 Å². The molecule has 0 spiro atoms. The van der Waals surface area contributed by atoms with Gasteiger partial charge in [0.25, 0.3) is 0 Å². The summed E-state index contributed by atoms with van der Waals surface area (Å²) in [5.41, 5.74) is 2.96. The van der Waals surface area contributed by atoms with Gasteiger partial charge in [0, 0.05) is 6.04 Å². The average Bonchev–Trinajstić information content (AvgIpc) is 2.39. The van der Waals surface area contributed by atoms with Gasteiger partial charge in [0.05, 0.1) is 0 Å². The van der Waals surface area contributed by atoms with Crippen LogP contribution in [0.5, 0.6) is 0 Å². The topological polar surface area (TPSA) is 12.0 Å². The molecule has 1 nitrogen and oxygen atoms in total. The highest BCUT2D eigenvalue weighted by Gasteiger charge is 2.29. The third kappa shape index (κ3) is 4.09. The Morgan fingerprint density at radius 2 is 1.75 bits per heavy atom. The molecular formula is C19H31N. The molecule has 0 amide bonds. The number of hydrogen-bond acceptors (Lipinski definition) is 1. The summed E-state index contributed by atoms with van der Waals surface area (Å²) in [7, 11) is 0. The predicted molar refractivity (Wildman–Crippen MR) is 88.0 cm³/mol. The molecule has 3 unspecified atom stereocenters. The van der Waals surface area contributed by atoms with Gasteiger partial charge >= 0.3 is 0 Å². The first-order chi connectivity index (χ1) is 9.60. The van der Waals surface area contributed by atoms with Crippen molar-refractivity contribution in [2.75, 3.05) is 6.54 Å². The minimum Gasteiger partial charge on any atom is -0.314 e. The van der Waals surface area contributed by atoms with Crippen molar-refractivity contribution < 1.29 is 0 Å². The predicted octanol–water partition coefficient (Wildman–Crippen LogP) is 4.59. The number of likely N-dealkylation sites (N-methyl/N-ethyl adjacent to an activating group) is 1. The molecule has 0 radical (unpaired) electrons. The van der Waals surface area contributed by atoms with Gasteiger partial charge in [-0.1, -0.05) is 45.0 Å². The van der Waals surface area contributed by atoms with Crippen molar-refractivity contribution in [2.45, 2.75) is 59.4 Å². The maximum atomic E-state index is 3.77. The van der Waals surface area contributed by atoms with Crippen LogP contribution < -0.4 is 5.32 Å². The number of nitrogens with one attached hydrogen (secondary N) is 1. The molecule has 1 aromatic rings. The van der Waals surface area contributed by atoms with Gasteiger partial charge in [-0.15, -0.1) is 0 Å². The zero-order valence-electron chi connectivity index (χ0n) is 13.7. The second-order valence-corrected chi connectivity index (χ2v) is 6.97. The molecule has 0 bridgehead atoms. The minimum absolute atomic E-state index is 0.645. The molecule has 3 atom stereocenters. The van der Waals surface area contributed by atoms with Crippen molar-refractivity contribution in [2.24, 2.45) is 17.8 Å². The van der Waals surface area contributed by atoms with Crippen LogP contribution in [0.25, 0.3) is 0 Å². The molecule has 0 aliphatic heterocycles. The molecule has 1 aromatic carbocycles. The molecule has 1 fully saturated rings. The Hall–Kier alpha value is -0.820. The van der Waals surface area contributed by atoms with E-state index in [1.165, 1.54) is 36.8 Å². The van der Waals surface area contributed by atoms with Gasteiger partial charge in [0.15, 0.2) is 0 Å². The molecule has 1 heteroatoms. The maximum Gasteiger partial charge on any atom is 0.0136 e. The molecule has 1 N–H and O–H groups in total. The van der Waals surface area contributed by atoms with Crippen molar-refractivity contribution in [3.63, 3.8) is 0 Å². The number of benzene rings is 1. The first kappa shape index (κ1) is 15.6. The van der Waals surface area contributed by atoms with Gasteiger partial charge in [-0.2, -0.15) is 0 Å². The largest absolute Gasteiger partial charge is 0.314 e. The Kier molecular flexibility index (Phi) is 5.65. The second kappa shape index (κ2) is 7.26. The van der Waals surface area contributed by atoms with Crippen LogP contribution in [0.1, 0.15) is 51.2 Å². The molecule has 20 heavy (non-hydrogen) atoms. The van der Waals surface area contributed by atoms with Crippen LogP contribution in [-0.2, 0) is 6.42 Å². The summed E-state index contributed by atoms with van der Waals surface area (Å²) in [4.78, 5) is 0. The van der Waals surface area contributed by atoms with E-state index in [0.29, 0.717) is 6.04 Å². The fraction of sp³-hybridized carbons (Fsp3) is 0.684. The fourth-order valence-corrected chi connectivity index (χ4v) is 4.08. The third-order valence-electron chi connectivity index (χ3n) is 4.95. The highest BCUT2D eigenvalue weighted by Crippen LogP contribution is 2.35. The van der Waals surface area contributed by atoms with Crippen LogP contribution in [-0.4, -0.2) is 12.6 Å². The van der Waals surface area contributed by atoms with Gasteiger partial charge in [-0.3, -0.25) is 0 Å². The fourth-order valence-electron chi connectivity index (χ4n) is 4.08. The van der Waals surface area contributed by atoms with E-state index < -0.39 is 0 Å². The first-order valence-corrected chi connectivity index (χ1v) is 8.38. The van der Waals surface area contributed by atoms with E-state index in [0.717, 1.165) is 24.3 Å². The van der Waals surface area contributed by atoms with Crippen LogP contribution in [0.3, 0.4) is 0 Å².